The molecule has 0 aromatic heterocycles. The van der Waals surface area contributed by atoms with Gasteiger partial charge in [0.25, 0.3) is 0 Å². The van der Waals surface area contributed by atoms with Gasteiger partial charge in [0.2, 0.25) is 15.9 Å². The Kier molecular flexibility index (Phi) is 4.92. The number of hydrogen-bond acceptors (Lipinski definition) is 4. The monoisotopic (exact) mass is 364 g/mol. The molecule has 1 heterocycles. The zero-order chi connectivity index (χ0) is 17.4. The van der Waals surface area contributed by atoms with E-state index in [0.717, 1.165) is 16.4 Å². The molecular weight excluding hydrogens is 351 g/mol. The molecule has 0 radical (unpaired) electrons. The number of nitrogens with one attached hydrogen (secondary N) is 1. The van der Waals surface area contributed by atoms with Crippen LogP contribution in [0.3, 0.4) is 0 Å². The predicted octanol–water partition coefficient (Wildman–Crippen LogP) is 1.53. The van der Waals surface area contributed by atoms with E-state index in [-0.39, 0.29) is 30.2 Å². The minimum absolute atomic E-state index is 0.0101. The molecule has 1 atom stereocenters. The van der Waals surface area contributed by atoms with Crippen molar-refractivity contribution >= 4 is 39.2 Å². The van der Waals surface area contributed by atoms with Crippen molar-refractivity contribution in [2.24, 2.45) is 5.92 Å². The highest BCUT2D eigenvalue weighted by atomic mass is 35.5. The van der Waals surface area contributed by atoms with E-state index in [0.29, 0.717) is 0 Å². The average molecular weight is 365 g/mol. The zero-order valence-electron chi connectivity index (χ0n) is 12.0. The summed E-state index contributed by atoms with van der Waals surface area (Å²) in [6.45, 7) is 0.973. The van der Waals surface area contributed by atoms with Crippen LogP contribution in [-0.4, -0.2) is 42.8 Å². The fourth-order valence-corrected chi connectivity index (χ4v) is 4.15. The van der Waals surface area contributed by atoms with Gasteiger partial charge in [0.1, 0.15) is 10.7 Å². The van der Waals surface area contributed by atoms with Gasteiger partial charge in [-0.2, -0.15) is 4.31 Å². The van der Waals surface area contributed by atoms with E-state index < -0.39 is 38.5 Å². The Balaban J connectivity index is 2.36. The van der Waals surface area contributed by atoms with Crippen LogP contribution in [-0.2, 0) is 19.6 Å². The summed E-state index contributed by atoms with van der Waals surface area (Å²) < 4.78 is 40.0. The van der Waals surface area contributed by atoms with Crippen molar-refractivity contribution < 1.29 is 27.5 Å². The quantitative estimate of drug-likeness (QED) is 0.843. The van der Waals surface area contributed by atoms with Gasteiger partial charge in [-0.05, 0) is 12.5 Å². The summed E-state index contributed by atoms with van der Waals surface area (Å²) in [6.07, 6.45) is 0.161. The van der Waals surface area contributed by atoms with Crippen LogP contribution in [0.1, 0.15) is 13.3 Å². The zero-order valence-corrected chi connectivity index (χ0v) is 13.6. The molecule has 2 rings (SSSR count). The van der Waals surface area contributed by atoms with E-state index in [1.165, 1.54) is 6.92 Å². The molecule has 1 unspecified atom stereocenters. The van der Waals surface area contributed by atoms with Crippen LogP contribution in [0, 0.1) is 11.7 Å². The number of carboxylic acid groups (broad SMARTS) is 1. The Labute approximate surface area is 137 Å². The molecule has 126 valence electrons. The highest BCUT2D eigenvalue weighted by molar-refractivity contribution is 7.89. The van der Waals surface area contributed by atoms with E-state index >= 15 is 0 Å². The van der Waals surface area contributed by atoms with Gasteiger partial charge in [0, 0.05) is 26.1 Å². The highest BCUT2D eigenvalue weighted by Gasteiger charge is 2.37. The fraction of sp³-hybridized carbons (Fsp3) is 0.385. The molecule has 0 spiro atoms. The highest BCUT2D eigenvalue weighted by Crippen LogP contribution is 2.31. The lowest BCUT2D eigenvalue weighted by atomic mass is 10.1. The van der Waals surface area contributed by atoms with E-state index in [9.17, 15) is 22.4 Å². The largest absolute Gasteiger partial charge is 0.481 e. The number of carbonyl (C=O) groups is 2. The maximum atomic E-state index is 14.2. The van der Waals surface area contributed by atoms with Crippen LogP contribution < -0.4 is 5.32 Å². The number of hydrogen-bond donors (Lipinski definition) is 2. The first kappa shape index (κ1) is 17.6. The van der Waals surface area contributed by atoms with E-state index in [1.54, 1.807) is 0 Å². The van der Waals surface area contributed by atoms with Gasteiger partial charge in [-0.3, -0.25) is 9.59 Å². The third-order valence-electron chi connectivity index (χ3n) is 3.45. The van der Waals surface area contributed by atoms with Gasteiger partial charge >= 0.3 is 5.97 Å². The number of amides is 1. The summed E-state index contributed by atoms with van der Waals surface area (Å²) in [5, 5.41) is 11.1. The van der Waals surface area contributed by atoms with Crippen LogP contribution in [0.4, 0.5) is 10.1 Å². The van der Waals surface area contributed by atoms with Crippen LogP contribution in [0.2, 0.25) is 5.02 Å². The van der Waals surface area contributed by atoms with Crippen molar-refractivity contribution in [3.63, 3.8) is 0 Å². The number of nitrogens with zero attached hydrogens (tertiary/aromatic N) is 1. The third-order valence-corrected chi connectivity index (χ3v) is 5.64. The van der Waals surface area contributed by atoms with Crippen LogP contribution in [0.15, 0.2) is 17.0 Å². The Morgan fingerprint density at radius 3 is 2.61 bits per heavy atom. The first-order valence-corrected chi connectivity index (χ1v) is 8.44. The first-order chi connectivity index (χ1) is 10.6. The molecule has 0 aliphatic carbocycles. The first-order valence-electron chi connectivity index (χ1n) is 6.62. The summed E-state index contributed by atoms with van der Waals surface area (Å²) >= 11 is 5.88. The van der Waals surface area contributed by atoms with Crippen molar-refractivity contribution in [3.8, 4) is 0 Å². The lowest BCUT2D eigenvalue weighted by molar-refractivity contribution is -0.141. The number of carbonyl (C=O) groups excluding carboxylic acids is 1. The Bertz CT molecular complexity index is 768. The van der Waals surface area contributed by atoms with Gasteiger partial charge in [-0.1, -0.05) is 11.6 Å². The molecule has 23 heavy (non-hydrogen) atoms. The second-order valence-electron chi connectivity index (χ2n) is 5.13. The van der Waals surface area contributed by atoms with Gasteiger partial charge in [0.15, 0.2) is 0 Å². The molecule has 1 saturated heterocycles. The lowest BCUT2D eigenvalue weighted by Gasteiger charge is -2.17. The van der Waals surface area contributed by atoms with Crippen molar-refractivity contribution in [3.05, 3.63) is 23.0 Å². The summed E-state index contributed by atoms with van der Waals surface area (Å²) in [5.41, 5.74) is -0.0412. The maximum Gasteiger partial charge on any atom is 0.307 e. The smallest absolute Gasteiger partial charge is 0.307 e. The summed E-state index contributed by atoms with van der Waals surface area (Å²) in [6, 6.07) is 1.73. The van der Waals surface area contributed by atoms with E-state index in [1.807, 2.05) is 0 Å². The molecule has 1 aliphatic rings. The minimum Gasteiger partial charge on any atom is -0.481 e. The molecule has 1 aromatic carbocycles. The van der Waals surface area contributed by atoms with Crippen molar-refractivity contribution in [2.45, 2.75) is 18.2 Å². The SMILES string of the molecule is CC(=O)Nc1cc(F)c(S(=O)(=O)N2CCC(C(=O)O)C2)cc1Cl. The van der Waals surface area contributed by atoms with Gasteiger partial charge in [0.05, 0.1) is 16.6 Å². The van der Waals surface area contributed by atoms with Crippen LogP contribution in [0.5, 0.6) is 0 Å². The molecular formula is C13H14ClFN2O5S. The topological polar surface area (TPSA) is 104 Å². The van der Waals surface area contributed by atoms with Crippen molar-refractivity contribution in [1.29, 1.82) is 0 Å². The number of benzene rings is 1. The molecule has 10 heteroatoms. The summed E-state index contributed by atoms with van der Waals surface area (Å²) in [7, 11) is -4.21. The number of sulfonamides is 1. The van der Waals surface area contributed by atoms with Crippen LogP contribution in [0.25, 0.3) is 0 Å². The summed E-state index contributed by atoms with van der Waals surface area (Å²) in [5.74, 6) is -3.47. The number of halogens is 2. The number of aliphatic carboxylic acids is 1. The maximum absolute atomic E-state index is 14.2. The Morgan fingerprint density at radius 2 is 2.09 bits per heavy atom. The number of rotatable bonds is 4. The standard InChI is InChI=1S/C13H14ClFN2O5S/c1-7(18)16-11-5-10(15)12(4-9(11)14)23(21,22)17-3-2-8(6-17)13(19)20/h4-5,8H,2-3,6H2,1H3,(H,16,18)(H,19,20). The number of anilines is 1. The Hall–Kier alpha value is -1.71. The van der Waals surface area contributed by atoms with E-state index in [2.05, 4.69) is 5.32 Å². The summed E-state index contributed by atoms with van der Waals surface area (Å²) in [4.78, 5) is 21.3. The number of carboxylic acids is 1. The third kappa shape index (κ3) is 3.62. The molecule has 1 aromatic rings. The molecule has 0 saturated carbocycles. The normalized spacial score (nSPS) is 18.8. The van der Waals surface area contributed by atoms with E-state index in [4.69, 9.17) is 16.7 Å². The second-order valence-corrected chi connectivity index (χ2v) is 7.44. The van der Waals surface area contributed by atoms with Crippen molar-refractivity contribution in [2.75, 3.05) is 18.4 Å². The minimum atomic E-state index is -4.21. The molecule has 1 aliphatic heterocycles. The average Bonchev–Trinajstić information content (AvgIpc) is 2.92. The predicted molar refractivity (Wildman–Crippen MR) is 80.2 cm³/mol. The molecule has 1 fully saturated rings. The molecule has 7 nitrogen and oxygen atoms in total. The molecule has 1 amide bonds. The fourth-order valence-electron chi connectivity index (χ4n) is 2.30. The second kappa shape index (κ2) is 6.42. The molecule has 2 N–H and O–H groups in total. The lowest BCUT2D eigenvalue weighted by Crippen LogP contribution is -2.30. The van der Waals surface area contributed by atoms with Gasteiger partial charge < -0.3 is 10.4 Å². The van der Waals surface area contributed by atoms with Crippen LogP contribution >= 0.6 is 11.6 Å². The van der Waals surface area contributed by atoms with Gasteiger partial charge in [-0.25, -0.2) is 12.8 Å². The van der Waals surface area contributed by atoms with Crippen molar-refractivity contribution in [1.82, 2.24) is 4.31 Å². The Morgan fingerprint density at radius 1 is 1.43 bits per heavy atom. The molecule has 0 bridgehead atoms. The van der Waals surface area contributed by atoms with Gasteiger partial charge in [-0.15, -0.1) is 0 Å².